The molecule has 1 atom stereocenters. The van der Waals surface area contributed by atoms with Gasteiger partial charge in [-0.15, -0.1) is 0 Å². The molecule has 0 aromatic heterocycles. The molecule has 0 spiro atoms. The van der Waals surface area contributed by atoms with Crippen LogP contribution in [0.15, 0.2) is 0 Å². The fraction of sp³-hybridized carbons (Fsp3) is 0.900. The first kappa shape index (κ1) is 16.3. The van der Waals surface area contributed by atoms with Crippen molar-refractivity contribution >= 4 is 16.2 Å². The Kier molecular flexibility index (Phi) is 7.33. The minimum Gasteiger partial charge on any atom is -0.481 e. The average molecular weight is 266 g/mol. The maximum atomic E-state index is 11.7. The summed E-state index contributed by atoms with van der Waals surface area (Å²) in [5.41, 5.74) is 0. The number of rotatable bonds is 9. The Balaban J connectivity index is 4.30. The van der Waals surface area contributed by atoms with E-state index >= 15 is 0 Å². The van der Waals surface area contributed by atoms with Crippen molar-refractivity contribution in [1.29, 1.82) is 0 Å². The third-order valence-electron chi connectivity index (χ3n) is 2.59. The van der Waals surface area contributed by atoms with E-state index in [4.69, 9.17) is 5.11 Å². The molecule has 1 unspecified atom stereocenters. The normalized spacial score (nSPS) is 13.9. The van der Waals surface area contributed by atoms with Crippen molar-refractivity contribution in [2.24, 2.45) is 5.92 Å². The van der Waals surface area contributed by atoms with Gasteiger partial charge in [0.25, 0.3) is 10.2 Å². The second kappa shape index (κ2) is 7.62. The second-order valence-corrected chi connectivity index (χ2v) is 5.83. The first-order valence-electron chi connectivity index (χ1n) is 5.78. The van der Waals surface area contributed by atoms with Crippen LogP contribution in [0.25, 0.3) is 0 Å². The van der Waals surface area contributed by atoms with Crippen LogP contribution in [0.2, 0.25) is 0 Å². The fourth-order valence-corrected chi connectivity index (χ4v) is 2.22. The van der Waals surface area contributed by atoms with Gasteiger partial charge in [0.05, 0.1) is 5.92 Å². The lowest BCUT2D eigenvalue weighted by atomic mass is 10.1. The molecule has 0 bridgehead atoms. The van der Waals surface area contributed by atoms with Crippen LogP contribution in [0.5, 0.6) is 0 Å². The number of carboxylic acid groups (broad SMARTS) is 1. The molecule has 0 aliphatic heterocycles. The molecule has 7 heteroatoms. The molecule has 0 aliphatic rings. The number of hydrogen-bond acceptors (Lipinski definition) is 3. The number of hydrogen-bond donors (Lipinski definition) is 2. The number of aliphatic carboxylic acids is 1. The first-order valence-corrected chi connectivity index (χ1v) is 7.22. The van der Waals surface area contributed by atoms with Gasteiger partial charge in [-0.05, 0) is 12.8 Å². The molecule has 0 radical (unpaired) electrons. The molecule has 0 aromatic carbocycles. The highest BCUT2D eigenvalue weighted by atomic mass is 32.2. The van der Waals surface area contributed by atoms with Gasteiger partial charge in [-0.2, -0.15) is 12.7 Å². The van der Waals surface area contributed by atoms with Crippen LogP contribution >= 0.6 is 0 Å². The van der Waals surface area contributed by atoms with Crippen LogP contribution in [0, 0.1) is 5.92 Å². The molecule has 0 heterocycles. The molecule has 6 nitrogen and oxygen atoms in total. The summed E-state index contributed by atoms with van der Waals surface area (Å²) in [6.07, 6.45) is 2.09. The van der Waals surface area contributed by atoms with Gasteiger partial charge in [0.2, 0.25) is 0 Å². The van der Waals surface area contributed by atoms with E-state index in [0.29, 0.717) is 13.0 Å². The molecule has 0 aliphatic carbocycles. The predicted octanol–water partition coefficient (Wildman–Crippen LogP) is 0.664. The van der Waals surface area contributed by atoms with E-state index in [0.717, 1.165) is 12.8 Å². The van der Waals surface area contributed by atoms with Gasteiger partial charge in [0.1, 0.15) is 0 Å². The largest absolute Gasteiger partial charge is 0.481 e. The summed E-state index contributed by atoms with van der Waals surface area (Å²) in [7, 11) is -2.07. The molecular weight excluding hydrogens is 244 g/mol. The van der Waals surface area contributed by atoms with Crippen LogP contribution in [0.1, 0.15) is 33.1 Å². The predicted molar refractivity (Wildman–Crippen MR) is 65.9 cm³/mol. The average Bonchev–Trinajstić information content (AvgIpc) is 2.25. The van der Waals surface area contributed by atoms with Crippen molar-refractivity contribution < 1.29 is 18.3 Å². The van der Waals surface area contributed by atoms with E-state index in [1.54, 1.807) is 6.92 Å². The Morgan fingerprint density at radius 3 is 2.41 bits per heavy atom. The molecule has 17 heavy (non-hydrogen) atoms. The Bertz CT molecular complexity index is 329. The summed E-state index contributed by atoms with van der Waals surface area (Å²) in [4.78, 5) is 10.7. The Labute approximate surface area is 103 Å². The molecule has 0 amide bonds. The van der Waals surface area contributed by atoms with Gasteiger partial charge in [0, 0.05) is 20.1 Å². The van der Waals surface area contributed by atoms with E-state index in [1.807, 2.05) is 6.92 Å². The van der Waals surface area contributed by atoms with Crippen molar-refractivity contribution in [1.82, 2.24) is 9.03 Å². The van der Waals surface area contributed by atoms with E-state index in [2.05, 4.69) is 4.72 Å². The van der Waals surface area contributed by atoms with Crippen LogP contribution in [-0.4, -0.2) is 43.9 Å². The van der Waals surface area contributed by atoms with Crippen molar-refractivity contribution in [3.63, 3.8) is 0 Å². The fourth-order valence-electron chi connectivity index (χ4n) is 1.22. The lowest BCUT2D eigenvalue weighted by molar-refractivity contribution is -0.141. The zero-order valence-electron chi connectivity index (χ0n) is 10.6. The minimum absolute atomic E-state index is 0.0648. The summed E-state index contributed by atoms with van der Waals surface area (Å²) in [6.45, 7) is 4.07. The van der Waals surface area contributed by atoms with Gasteiger partial charge in [-0.3, -0.25) is 4.79 Å². The third-order valence-corrected chi connectivity index (χ3v) is 4.13. The van der Waals surface area contributed by atoms with Crippen LogP contribution in [0.3, 0.4) is 0 Å². The third kappa shape index (κ3) is 5.99. The van der Waals surface area contributed by atoms with Crippen LogP contribution < -0.4 is 4.72 Å². The summed E-state index contributed by atoms with van der Waals surface area (Å²) in [5.74, 6) is -1.66. The molecular formula is C10H22N2O4S. The van der Waals surface area contributed by atoms with Gasteiger partial charge in [-0.25, -0.2) is 4.72 Å². The first-order chi connectivity index (χ1) is 7.85. The van der Waals surface area contributed by atoms with Crippen LogP contribution in [0.4, 0.5) is 0 Å². The topological polar surface area (TPSA) is 86.7 Å². The van der Waals surface area contributed by atoms with E-state index < -0.39 is 22.1 Å². The highest BCUT2D eigenvalue weighted by Gasteiger charge is 2.21. The van der Waals surface area contributed by atoms with Crippen LogP contribution in [-0.2, 0) is 15.0 Å². The zero-order chi connectivity index (χ0) is 13.5. The number of carboxylic acids is 1. The molecule has 2 N–H and O–H groups in total. The molecule has 102 valence electrons. The number of unbranched alkanes of at least 4 members (excludes halogenated alkanes) is 1. The monoisotopic (exact) mass is 266 g/mol. The minimum atomic E-state index is -3.55. The molecule has 0 rings (SSSR count). The van der Waals surface area contributed by atoms with Gasteiger partial charge >= 0.3 is 5.97 Å². The quantitative estimate of drug-likeness (QED) is 0.642. The number of carbonyl (C=O) groups is 1. The molecule has 0 saturated carbocycles. The van der Waals surface area contributed by atoms with Crippen molar-refractivity contribution in [2.45, 2.75) is 33.1 Å². The molecule has 0 fully saturated rings. The second-order valence-electron chi connectivity index (χ2n) is 3.97. The van der Waals surface area contributed by atoms with E-state index in [9.17, 15) is 13.2 Å². The Hall–Kier alpha value is -0.660. The highest BCUT2D eigenvalue weighted by Crippen LogP contribution is 2.03. The maximum Gasteiger partial charge on any atom is 0.307 e. The van der Waals surface area contributed by atoms with Gasteiger partial charge in [-0.1, -0.05) is 20.3 Å². The van der Waals surface area contributed by atoms with Crippen molar-refractivity contribution in [3.8, 4) is 0 Å². The highest BCUT2D eigenvalue weighted by molar-refractivity contribution is 7.87. The summed E-state index contributed by atoms with van der Waals surface area (Å²) < 4.78 is 26.9. The SMILES string of the molecule is CCCCN(C)S(=O)(=O)NCC(CC)C(=O)O. The molecule has 0 aromatic rings. The Morgan fingerprint density at radius 1 is 1.41 bits per heavy atom. The van der Waals surface area contributed by atoms with Gasteiger partial charge in [0.15, 0.2) is 0 Å². The lowest BCUT2D eigenvalue weighted by Gasteiger charge is -2.18. The summed E-state index contributed by atoms with van der Waals surface area (Å²) in [6, 6.07) is 0. The maximum absolute atomic E-state index is 11.7. The standard InChI is InChI=1S/C10H22N2O4S/c1-4-6-7-12(3)17(15,16)11-8-9(5-2)10(13)14/h9,11H,4-8H2,1-3H3,(H,13,14). The number of nitrogens with zero attached hydrogens (tertiary/aromatic N) is 1. The van der Waals surface area contributed by atoms with Crippen molar-refractivity contribution in [3.05, 3.63) is 0 Å². The van der Waals surface area contributed by atoms with Gasteiger partial charge < -0.3 is 5.11 Å². The lowest BCUT2D eigenvalue weighted by Crippen LogP contribution is -2.41. The summed E-state index contributed by atoms with van der Waals surface area (Å²) in [5, 5.41) is 8.80. The van der Waals surface area contributed by atoms with Crippen molar-refractivity contribution in [2.75, 3.05) is 20.1 Å². The molecule has 0 saturated heterocycles. The van der Waals surface area contributed by atoms with E-state index in [1.165, 1.54) is 11.4 Å². The number of nitrogens with one attached hydrogen (secondary N) is 1. The Morgan fingerprint density at radius 2 is 2.00 bits per heavy atom. The zero-order valence-corrected chi connectivity index (χ0v) is 11.5. The summed E-state index contributed by atoms with van der Waals surface area (Å²) >= 11 is 0. The smallest absolute Gasteiger partial charge is 0.307 e. The van der Waals surface area contributed by atoms with E-state index in [-0.39, 0.29) is 6.54 Å².